The van der Waals surface area contributed by atoms with Crippen molar-refractivity contribution in [3.05, 3.63) is 96.1 Å². The molecule has 8 heteroatoms. The SMILES string of the molecule is CCNC(=O)[C@H](C)N(CCc1ccccc1)C(=O)CN(c1ccccc1CC)S(=O)(=O)c1ccccc1. The third-order valence-electron chi connectivity index (χ3n) is 6.25. The second-order valence-electron chi connectivity index (χ2n) is 8.70. The van der Waals surface area contributed by atoms with Crippen molar-refractivity contribution in [2.75, 3.05) is 23.9 Å². The summed E-state index contributed by atoms with van der Waals surface area (Å²) in [5.41, 5.74) is 2.28. The molecule has 2 amide bonds. The molecule has 0 unspecified atom stereocenters. The molecule has 0 heterocycles. The lowest BCUT2D eigenvalue weighted by molar-refractivity contribution is -0.138. The molecule has 0 bridgehead atoms. The Labute approximate surface area is 220 Å². The van der Waals surface area contributed by atoms with Crippen molar-refractivity contribution in [1.82, 2.24) is 10.2 Å². The third-order valence-corrected chi connectivity index (χ3v) is 8.03. The molecule has 0 aliphatic rings. The Morgan fingerprint density at radius 3 is 2.08 bits per heavy atom. The average Bonchev–Trinajstić information content (AvgIpc) is 2.92. The maximum atomic E-state index is 13.8. The number of aryl methyl sites for hydroxylation is 1. The minimum Gasteiger partial charge on any atom is -0.355 e. The number of sulfonamides is 1. The number of carbonyl (C=O) groups is 2. The maximum absolute atomic E-state index is 13.8. The Morgan fingerprint density at radius 1 is 0.865 bits per heavy atom. The topological polar surface area (TPSA) is 86.8 Å². The fourth-order valence-electron chi connectivity index (χ4n) is 4.18. The van der Waals surface area contributed by atoms with E-state index in [4.69, 9.17) is 0 Å². The molecule has 196 valence electrons. The maximum Gasteiger partial charge on any atom is 0.264 e. The molecule has 0 saturated heterocycles. The molecule has 0 aliphatic carbocycles. The number of carbonyl (C=O) groups excluding carboxylic acids is 2. The molecule has 0 aliphatic heterocycles. The largest absolute Gasteiger partial charge is 0.355 e. The summed E-state index contributed by atoms with van der Waals surface area (Å²) in [6.07, 6.45) is 1.13. The summed E-state index contributed by atoms with van der Waals surface area (Å²) < 4.78 is 28.8. The van der Waals surface area contributed by atoms with Crippen LogP contribution < -0.4 is 9.62 Å². The van der Waals surface area contributed by atoms with Gasteiger partial charge < -0.3 is 10.2 Å². The van der Waals surface area contributed by atoms with E-state index in [0.717, 1.165) is 11.1 Å². The minimum atomic E-state index is -4.05. The van der Waals surface area contributed by atoms with Gasteiger partial charge in [-0.15, -0.1) is 0 Å². The van der Waals surface area contributed by atoms with Gasteiger partial charge in [-0.1, -0.05) is 73.7 Å². The Morgan fingerprint density at radius 2 is 1.46 bits per heavy atom. The van der Waals surface area contributed by atoms with Gasteiger partial charge >= 0.3 is 0 Å². The lowest BCUT2D eigenvalue weighted by atomic mass is 10.1. The zero-order chi connectivity index (χ0) is 26.8. The molecule has 1 atom stereocenters. The molecule has 3 rings (SSSR count). The number of hydrogen-bond donors (Lipinski definition) is 1. The molecule has 0 radical (unpaired) electrons. The van der Waals surface area contributed by atoms with Crippen LogP contribution in [0.5, 0.6) is 0 Å². The zero-order valence-corrected chi connectivity index (χ0v) is 22.4. The highest BCUT2D eigenvalue weighted by Crippen LogP contribution is 2.28. The van der Waals surface area contributed by atoms with Gasteiger partial charge in [0.15, 0.2) is 0 Å². The first-order chi connectivity index (χ1) is 17.8. The first-order valence-corrected chi connectivity index (χ1v) is 14.0. The van der Waals surface area contributed by atoms with E-state index in [9.17, 15) is 18.0 Å². The monoisotopic (exact) mass is 521 g/mol. The van der Waals surface area contributed by atoms with Crippen molar-refractivity contribution < 1.29 is 18.0 Å². The van der Waals surface area contributed by atoms with Crippen LogP contribution in [0, 0.1) is 0 Å². The molecule has 1 N–H and O–H groups in total. The van der Waals surface area contributed by atoms with Crippen LogP contribution in [0.4, 0.5) is 5.69 Å². The minimum absolute atomic E-state index is 0.0984. The van der Waals surface area contributed by atoms with Crippen LogP contribution in [-0.2, 0) is 32.5 Å². The number of para-hydroxylation sites is 1. The van der Waals surface area contributed by atoms with Crippen LogP contribution in [0.3, 0.4) is 0 Å². The fraction of sp³-hybridized carbons (Fsp3) is 0.310. The number of anilines is 1. The zero-order valence-electron chi connectivity index (χ0n) is 21.6. The molecule has 7 nitrogen and oxygen atoms in total. The standard InChI is InChI=1S/C29H35N3O4S/c1-4-25-16-12-13-19-27(25)32(37(35,36)26-17-10-7-11-18-26)22-28(33)31(23(3)29(34)30-5-2)21-20-24-14-8-6-9-15-24/h6-19,23H,4-5,20-22H2,1-3H3,(H,30,34)/t23-/m0/s1. The number of nitrogens with one attached hydrogen (secondary N) is 1. The van der Waals surface area contributed by atoms with Crippen molar-refractivity contribution >= 4 is 27.5 Å². The average molecular weight is 522 g/mol. The van der Waals surface area contributed by atoms with Gasteiger partial charge in [0.1, 0.15) is 12.6 Å². The summed E-state index contributed by atoms with van der Waals surface area (Å²) >= 11 is 0. The summed E-state index contributed by atoms with van der Waals surface area (Å²) in [5.74, 6) is -0.726. The number of amides is 2. The Bertz CT molecular complexity index is 1280. The van der Waals surface area contributed by atoms with Crippen LogP contribution in [0.2, 0.25) is 0 Å². The Hall–Kier alpha value is -3.65. The van der Waals surface area contributed by atoms with Crippen LogP contribution >= 0.6 is 0 Å². The Balaban J connectivity index is 2.00. The molecule has 3 aromatic rings. The number of benzene rings is 3. The van der Waals surface area contributed by atoms with Gasteiger partial charge in [-0.05, 0) is 56.0 Å². The van der Waals surface area contributed by atoms with Crippen LogP contribution in [-0.4, -0.2) is 50.8 Å². The smallest absolute Gasteiger partial charge is 0.264 e. The molecule has 37 heavy (non-hydrogen) atoms. The second-order valence-corrected chi connectivity index (χ2v) is 10.6. The summed E-state index contributed by atoms with van der Waals surface area (Å²) in [6.45, 7) is 5.71. The van der Waals surface area contributed by atoms with E-state index in [0.29, 0.717) is 25.1 Å². The number of rotatable bonds is 12. The fourth-order valence-corrected chi connectivity index (χ4v) is 5.65. The molecule has 0 saturated carbocycles. The first-order valence-electron chi connectivity index (χ1n) is 12.6. The molecular formula is C29H35N3O4S. The highest BCUT2D eigenvalue weighted by Gasteiger charge is 2.32. The molecule has 3 aromatic carbocycles. The van der Waals surface area contributed by atoms with E-state index >= 15 is 0 Å². The Kier molecular flexibility index (Phi) is 9.85. The quantitative estimate of drug-likeness (QED) is 0.390. The van der Waals surface area contributed by atoms with E-state index in [1.807, 2.05) is 56.3 Å². The van der Waals surface area contributed by atoms with Gasteiger partial charge in [-0.3, -0.25) is 13.9 Å². The predicted octanol–water partition coefficient (Wildman–Crippen LogP) is 4.04. The van der Waals surface area contributed by atoms with Crippen LogP contribution in [0.15, 0.2) is 89.8 Å². The van der Waals surface area contributed by atoms with Gasteiger partial charge in [0, 0.05) is 13.1 Å². The van der Waals surface area contributed by atoms with Gasteiger partial charge in [0.2, 0.25) is 11.8 Å². The van der Waals surface area contributed by atoms with Gasteiger partial charge in [0.05, 0.1) is 10.6 Å². The molecule has 0 fully saturated rings. The molecule has 0 aromatic heterocycles. The van der Waals surface area contributed by atoms with E-state index in [1.54, 1.807) is 37.3 Å². The highest BCUT2D eigenvalue weighted by atomic mass is 32.2. The van der Waals surface area contributed by atoms with Crippen molar-refractivity contribution in [2.24, 2.45) is 0 Å². The molecular weight excluding hydrogens is 486 g/mol. The van der Waals surface area contributed by atoms with Gasteiger partial charge in [-0.2, -0.15) is 0 Å². The van der Waals surface area contributed by atoms with Crippen LogP contribution in [0.25, 0.3) is 0 Å². The van der Waals surface area contributed by atoms with Crippen molar-refractivity contribution in [3.63, 3.8) is 0 Å². The number of hydrogen-bond acceptors (Lipinski definition) is 4. The van der Waals surface area contributed by atoms with Crippen LogP contribution in [0.1, 0.15) is 31.9 Å². The summed E-state index contributed by atoms with van der Waals surface area (Å²) in [6, 6.07) is 24.2. The summed E-state index contributed by atoms with van der Waals surface area (Å²) in [5, 5.41) is 2.77. The number of likely N-dealkylation sites (N-methyl/N-ethyl adjacent to an activating group) is 1. The van der Waals surface area contributed by atoms with Crippen molar-refractivity contribution in [1.29, 1.82) is 0 Å². The van der Waals surface area contributed by atoms with Gasteiger partial charge in [-0.25, -0.2) is 8.42 Å². The van der Waals surface area contributed by atoms with E-state index in [1.165, 1.54) is 21.3 Å². The van der Waals surface area contributed by atoms with E-state index in [2.05, 4.69) is 5.32 Å². The number of nitrogens with zero attached hydrogens (tertiary/aromatic N) is 2. The lowest BCUT2D eigenvalue weighted by Gasteiger charge is -2.32. The van der Waals surface area contributed by atoms with E-state index < -0.39 is 28.5 Å². The second kappa shape index (κ2) is 13.1. The highest BCUT2D eigenvalue weighted by molar-refractivity contribution is 7.92. The van der Waals surface area contributed by atoms with Crippen molar-refractivity contribution in [2.45, 2.75) is 44.6 Å². The first kappa shape index (κ1) is 27.9. The normalized spacial score (nSPS) is 12.0. The van der Waals surface area contributed by atoms with Gasteiger partial charge in [0.25, 0.3) is 10.0 Å². The third kappa shape index (κ3) is 6.98. The van der Waals surface area contributed by atoms with Crippen molar-refractivity contribution in [3.8, 4) is 0 Å². The van der Waals surface area contributed by atoms with E-state index in [-0.39, 0.29) is 17.3 Å². The molecule has 0 spiro atoms. The summed E-state index contributed by atoms with van der Waals surface area (Å²) in [4.78, 5) is 28.1. The summed E-state index contributed by atoms with van der Waals surface area (Å²) in [7, 11) is -4.05. The predicted molar refractivity (Wildman–Crippen MR) is 147 cm³/mol. The lowest BCUT2D eigenvalue weighted by Crippen LogP contribution is -2.52.